The number of aromatic nitrogens is 5. The van der Waals surface area contributed by atoms with Gasteiger partial charge in [0.25, 0.3) is 0 Å². The fraction of sp³-hybridized carbons (Fsp3) is 0. The molecule has 0 aliphatic rings. The van der Waals surface area contributed by atoms with Gasteiger partial charge in [-0.2, -0.15) is 9.97 Å². The van der Waals surface area contributed by atoms with Gasteiger partial charge in [0.2, 0.25) is 5.95 Å². The van der Waals surface area contributed by atoms with E-state index in [4.69, 9.17) is 19.4 Å². The van der Waals surface area contributed by atoms with Crippen LogP contribution >= 0.6 is 0 Å². The molecule has 0 N–H and O–H groups in total. The third kappa shape index (κ3) is 4.81. The molecule has 0 amide bonds. The van der Waals surface area contributed by atoms with Crippen LogP contribution in [0.15, 0.2) is 192 Å². The van der Waals surface area contributed by atoms with Gasteiger partial charge in [-0.05, 0) is 59.7 Å². The standard InChI is InChI=1S/C51H31N5O/c1-2-15-32(16-3-1)33-17-12-18-34(31-33)49-52-50(54-51(53-49)56-42-26-10-6-21-37(42)38-22-7-11-27-43(38)56)39-23-13-29-45-47(39)48-44(28-14-30-46(48)57-45)55-40-24-8-4-19-35(40)36-20-5-9-25-41(36)55/h1-31H. The highest BCUT2D eigenvalue weighted by Crippen LogP contribution is 2.42. The lowest BCUT2D eigenvalue weighted by Crippen LogP contribution is -2.06. The maximum Gasteiger partial charge on any atom is 0.238 e. The Morgan fingerprint density at radius 3 is 1.49 bits per heavy atom. The molecule has 12 rings (SSSR count). The molecule has 0 saturated heterocycles. The molecule has 4 heterocycles. The van der Waals surface area contributed by atoms with E-state index < -0.39 is 0 Å². The third-order valence-corrected chi connectivity index (χ3v) is 11.2. The molecule has 0 radical (unpaired) electrons. The Hall–Kier alpha value is -7.83. The largest absolute Gasteiger partial charge is 0.456 e. The summed E-state index contributed by atoms with van der Waals surface area (Å²) in [6, 6.07) is 65.4. The number of fused-ring (bicyclic) bond motifs is 9. The first-order valence-electron chi connectivity index (χ1n) is 19.1. The average Bonchev–Trinajstić information content (AvgIpc) is 3.95. The van der Waals surface area contributed by atoms with Crippen LogP contribution < -0.4 is 0 Å². The normalized spacial score (nSPS) is 11.9. The SMILES string of the molecule is c1ccc(-c2cccc(-c3nc(-c4cccc5oc6cccc(-n7c8ccccc8c8ccccc87)c6c45)nc(-n4c5ccccc5c5ccccc54)n3)c2)cc1. The Kier molecular flexibility index (Phi) is 6.83. The molecule has 12 aromatic rings. The minimum atomic E-state index is 0.546. The first-order chi connectivity index (χ1) is 28.3. The van der Waals surface area contributed by atoms with Gasteiger partial charge in [0, 0.05) is 38.1 Å². The van der Waals surface area contributed by atoms with E-state index in [1.165, 1.54) is 10.8 Å². The number of furan rings is 1. The van der Waals surface area contributed by atoms with Crippen molar-refractivity contribution in [3.8, 4) is 45.5 Å². The van der Waals surface area contributed by atoms with Gasteiger partial charge in [-0.1, -0.05) is 140 Å². The Labute approximate surface area is 326 Å². The van der Waals surface area contributed by atoms with Crippen molar-refractivity contribution in [2.75, 3.05) is 0 Å². The molecule has 0 saturated carbocycles. The van der Waals surface area contributed by atoms with Crippen LogP contribution in [0.3, 0.4) is 0 Å². The summed E-state index contributed by atoms with van der Waals surface area (Å²) in [5.41, 5.74) is 10.9. The molecule has 57 heavy (non-hydrogen) atoms. The van der Waals surface area contributed by atoms with Gasteiger partial charge < -0.3 is 8.98 Å². The van der Waals surface area contributed by atoms with Gasteiger partial charge in [-0.25, -0.2) is 4.98 Å². The van der Waals surface area contributed by atoms with Gasteiger partial charge in [-0.3, -0.25) is 4.57 Å². The fourth-order valence-electron chi connectivity index (χ4n) is 8.72. The Morgan fingerprint density at radius 2 is 0.842 bits per heavy atom. The molecule has 266 valence electrons. The highest BCUT2D eigenvalue weighted by atomic mass is 16.3. The quantitative estimate of drug-likeness (QED) is 0.177. The number of nitrogens with zero attached hydrogens (tertiary/aromatic N) is 5. The van der Waals surface area contributed by atoms with Crippen LogP contribution in [-0.4, -0.2) is 24.1 Å². The van der Waals surface area contributed by atoms with Crippen molar-refractivity contribution in [1.29, 1.82) is 0 Å². The topological polar surface area (TPSA) is 61.7 Å². The third-order valence-electron chi connectivity index (χ3n) is 11.2. The van der Waals surface area contributed by atoms with E-state index in [0.29, 0.717) is 17.6 Å². The summed E-state index contributed by atoms with van der Waals surface area (Å²) in [5.74, 6) is 1.69. The second-order valence-corrected chi connectivity index (χ2v) is 14.4. The number of para-hydroxylation sites is 4. The number of hydrogen-bond donors (Lipinski definition) is 0. The molecule has 0 aliphatic heterocycles. The molecule has 6 nitrogen and oxygen atoms in total. The molecule has 0 unspecified atom stereocenters. The second kappa shape index (κ2) is 12.3. The second-order valence-electron chi connectivity index (χ2n) is 14.4. The van der Waals surface area contributed by atoms with E-state index in [0.717, 1.165) is 82.7 Å². The highest BCUT2D eigenvalue weighted by molar-refractivity contribution is 6.18. The summed E-state index contributed by atoms with van der Waals surface area (Å²) in [6.45, 7) is 0. The predicted octanol–water partition coefficient (Wildman–Crippen LogP) is 13.0. The summed E-state index contributed by atoms with van der Waals surface area (Å²) in [7, 11) is 0. The van der Waals surface area contributed by atoms with Crippen LogP contribution in [0.4, 0.5) is 0 Å². The molecule has 0 bridgehead atoms. The minimum absolute atomic E-state index is 0.546. The summed E-state index contributed by atoms with van der Waals surface area (Å²) in [4.78, 5) is 16.0. The van der Waals surface area contributed by atoms with Crippen molar-refractivity contribution in [3.63, 3.8) is 0 Å². The smallest absolute Gasteiger partial charge is 0.238 e. The van der Waals surface area contributed by atoms with Gasteiger partial charge in [0.15, 0.2) is 11.6 Å². The Balaban J connectivity index is 1.17. The molecule has 4 aromatic heterocycles. The zero-order valence-electron chi connectivity index (χ0n) is 30.5. The van der Waals surface area contributed by atoms with Crippen LogP contribution in [0.2, 0.25) is 0 Å². The van der Waals surface area contributed by atoms with Crippen molar-refractivity contribution in [2.24, 2.45) is 0 Å². The molecule has 6 heteroatoms. The molecule has 0 aliphatic carbocycles. The number of hydrogen-bond acceptors (Lipinski definition) is 4. The van der Waals surface area contributed by atoms with Gasteiger partial charge in [-0.15, -0.1) is 0 Å². The van der Waals surface area contributed by atoms with Crippen LogP contribution in [0, 0.1) is 0 Å². The lowest BCUT2D eigenvalue weighted by Gasteiger charge is -2.13. The monoisotopic (exact) mass is 729 g/mol. The van der Waals surface area contributed by atoms with E-state index in [1.807, 2.05) is 24.3 Å². The van der Waals surface area contributed by atoms with E-state index in [1.54, 1.807) is 0 Å². The minimum Gasteiger partial charge on any atom is -0.456 e. The molecular formula is C51H31N5O. The van der Waals surface area contributed by atoms with Crippen LogP contribution in [0.1, 0.15) is 0 Å². The highest BCUT2D eigenvalue weighted by Gasteiger charge is 2.23. The maximum absolute atomic E-state index is 6.69. The number of rotatable bonds is 5. The maximum atomic E-state index is 6.69. The zero-order chi connectivity index (χ0) is 37.5. The summed E-state index contributed by atoms with van der Waals surface area (Å²) in [6.07, 6.45) is 0. The van der Waals surface area contributed by atoms with Gasteiger partial charge in [0.1, 0.15) is 11.2 Å². The van der Waals surface area contributed by atoms with Gasteiger partial charge >= 0.3 is 0 Å². The van der Waals surface area contributed by atoms with Crippen molar-refractivity contribution in [1.82, 2.24) is 24.1 Å². The molecule has 0 atom stereocenters. The average molecular weight is 730 g/mol. The van der Waals surface area contributed by atoms with Crippen molar-refractivity contribution in [3.05, 3.63) is 188 Å². The first kappa shape index (κ1) is 31.5. The lowest BCUT2D eigenvalue weighted by atomic mass is 10.0. The zero-order valence-corrected chi connectivity index (χ0v) is 30.5. The first-order valence-corrected chi connectivity index (χ1v) is 19.1. The van der Waals surface area contributed by atoms with E-state index in [2.05, 4.69) is 173 Å². The lowest BCUT2D eigenvalue weighted by molar-refractivity contribution is 0.669. The predicted molar refractivity (Wildman–Crippen MR) is 232 cm³/mol. The van der Waals surface area contributed by atoms with Gasteiger partial charge in [0.05, 0.1) is 33.1 Å². The van der Waals surface area contributed by atoms with E-state index >= 15 is 0 Å². The molecular weight excluding hydrogens is 699 g/mol. The van der Waals surface area contributed by atoms with E-state index in [-0.39, 0.29) is 0 Å². The van der Waals surface area contributed by atoms with Crippen LogP contribution in [0.25, 0.3) is 111 Å². The van der Waals surface area contributed by atoms with Crippen LogP contribution in [0.5, 0.6) is 0 Å². The fourth-order valence-corrected chi connectivity index (χ4v) is 8.72. The molecule has 0 spiro atoms. The van der Waals surface area contributed by atoms with Crippen molar-refractivity contribution < 1.29 is 4.42 Å². The summed E-state index contributed by atoms with van der Waals surface area (Å²) < 4.78 is 11.2. The van der Waals surface area contributed by atoms with Crippen molar-refractivity contribution in [2.45, 2.75) is 0 Å². The molecule has 8 aromatic carbocycles. The van der Waals surface area contributed by atoms with E-state index in [9.17, 15) is 0 Å². The van der Waals surface area contributed by atoms with Crippen molar-refractivity contribution >= 4 is 65.6 Å². The summed E-state index contributed by atoms with van der Waals surface area (Å²) in [5, 5.41) is 6.64. The van der Waals surface area contributed by atoms with Crippen LogP contribution in [-0.2, 0) is 0 Å². The Bertz CT molecular complexity index is 3430. The summed E-state index contributed by atoms with van der Waals surface area (Å²) >= 11 is 0. The molecule has 0 fully saturated rings. The number of benzene rings is 8. The Morgan fingerprint density at radius 1 is 0.351 bits per heavy atom.